The van der Waals surface area contributed by atoms with Crippen molar-refractivity contribution < 1.29 is 9.53 Å². The molecule has 1 aromatic heterocycles. The lowest BCUT2D eigenvalue weighted by molar-refractivity contribution is -0.0587. The average molecular weight is 256 g/mol. The first-order valence-electron chi connectivity index (χ1n) is 5.50. The largest absolute Gasteiger partial charge is 0.372 e. The van der Waals surface area contributed by atoms with Gasteiger partial charge in [0.15, 0.2) is 10.8 Å². The topological polar surface area (TPSA) is 55.3 Å². The number of nitrogens with zero attached hydrogens (tertiary/aromatic N) is 3. The zero-order valence-electron chi connectivity index (χ0n) is 9.76. The molecule has 1 saturated heterocycles. The summed E-state index contributed by atoms with van der Waals surface area (Å²) >= 11 is 5.63. The van der Waals surface area contributed by atoms with Crippen molar-refractivity contribution in [1.29, 1.82) is 0 Å². The van der Waals surface area contributed by atoms with Gasteiger partial charge < -0.3 is 9.64 Å². The fraction of sp³-hybridized carbons (Fsp3) is 0.545. The summed E-state index contributed by atoms with van der Waals surface area (Å²) < 4.78 is 5.57. The van der Waals surface area contributed by atoms with Gasteiger partial charge in [-0.05, 0) is 26.0 Å². The Morgan fingerprint density at radius 2 is 2.00 bits per heavy atom. The Kier molecular flexibility index (Phi) is 3.59. The first kappa shape index (κ1) is 12.3. The van der Waals surface area contributed by atoms with Gasteiger partial charge in [-0.1, -0.05) is 11.6 Å². The van der Waals surface area contributed by atoms with Crippen LogP contribution in [0.5, 0.6) is 0 Å². The second-order valence-corrected chi connectivity index (χ2v) is 4.60. The summed E-state index contributed by atoms with van der Waals surface area (Å²) in [5.41, 5.74) is 0.315. The Hall–Kier alpha value is -1.20. The van der Waals surface area contributed by atoms with E-state index in [4.69, 9.17) is 16.3 Å². The standard InChI is InChI=1S/C11H14ClN3O2/c1-7-5-15(6-8(2)17-7)11(16)9-3-4-10(12)14-13-9/h3-4,7-8H,5-6H2,1-2H3. The molecule has 2 heterocycles. The lowest BCUT2D eigenvalue weighted by Gasteiger charge is -2.35. The van der Waals surface area contributed by atoms with Gasteiger partial charge in [0.2, 0.25) is 0 Å². The molecule has 6 heteroatoms. The lowest BCUT2D eigenvalue weighted by Crippen LogP contribution is -2.48. The van der Waals surface area contributed by atoms with Crippen LogP contribution < -0.4 is 0 Å². The molecular weight excluding hydrogens is 242 g/mol. The molecule has 17 heavy (non-hydrogen) atoms. The van der Waals surface area contributed by atoms with E-state index >= 15 is 0 Å². The van der Waals surface area contributed by atoms with E-state index in [0.717, 1.165) is 0 Å². The second-order valence-electron chi connectivity index (χ2n) is 4.21. The monoisotopic (exact) mass is 255 g/mol. The Bertz CT molecular complexity index is 400. The highest BCUT2D eigenvalue weighted by Gasteiger charge is 2.27. The number of carbonyl (C=O) groups excluding carboxylic acids is 1. The lowest BCUT2D eigenvalue weighted by atomic mass is 10.2. The van der Waals surface area contributed by atoms with Crippen LogP contribution in [0.1, 0.15) is 24.3 Å². The van der Waals surface area contributed by atoms with Gasteiger partial charge in [0, 0.05) is 13.1 Å². The third kappa shape index (κ3) is 2.92. The summed E-state index contributed by atoms with van der Waals surface area (Å²) in [4.78, 5) is 13.9. The summed E-state index contributed by atoms with van der Waals surface area (Å²) in [7, 11) is 0. The molecule has 0 radical (unpaired) electrons. The van der Waals surface area contributed by atoms with Crippen molar-refractivity contribution in [3.63, 3.8) is 0 Å². The molecule has 92 valence electrons. The Morgan fingerprint density at radius 1 is 1.35 bits per heavy atom. The van der Waals surface area contributed by atoms with Crippen molar-refractivity contribution >= 4 is 17.5 Å². The molecule has 5 nitrogen and oxygen atoms in total. The van der Waals surface area contributed by atoms with Crippen LogP contribution in [0.4, 0.5) is 0 Å². The predicted molar refractivity (Wildman–Crippen MR) is 63.0 cm³/mol. The highest BCUT2D eigenvalue weighted by atomic mass is 35.5. The van der Waals surface area contributed by atoms with Crippen LogP contribution in [0.3, 0.4) is 0 Å². The van der Waals surface area contributed by atoms with Gasteiger partial charge in [0.05, 0.1) is 12.2 Å². The molecule has 1 aromatic rings. The molecule has 1 aliphatic heterocycles. The maximum absolute atomic E-state index is 12.1. The van der Waals surface area contributed by atoms with Gasteiger partial charge in [-0.3, -0.25) is 4.79 Å². The number of hydrogen-bond donors (Lipinski definition) is 0. The molecule has 1 fully saturated rings. The number of hydrogen-bond acceptors (Lipinski definition) is 4. The van der Waals surface area contributed by atoms with Gasteiger partial charge in [-0.2, -0.15) is 0 Å². The molecule has 0 bridgehead atoms. The van der Waals surface area contributed by atoms with Crippen molar-refractivity contribution in [2.75, 3.05) is 13.1 Å². The van der Waals surface area contributed by atoms with Gasteiger partial charge in [0.1, 0.15) is 0 Å². The molecule has 0 spiro atoms. The summed E-state index contributed by atoms with van der Waals surface area (Å²) in [6, 6.07) is 3.15. The third-order valence-corrected chi connectivity index (χ3v) is 2.76. The van der Waals surface area contributed by atoms with Gasteiger partial charge >= 0.3 is 0 Å². The summed E-state index contributed by atoms with van der Waals surface area (Å²) in [5.74, 6) is -0.129. The molecule has 0 N–H and O–H groups in total. The fourth-order valence-corrected chi connectivity index (χ4v) is 2.04. The van der Waals surface area contributed by atoms with Crippen LogP contribution in [-0.4, -0.2) is 46.3 Å². The van der Waals surface area contributed by atoms with Crippen LogP contribution in [0.2, 0.25) is 5.15 Å². The van der Waals surface area contributed by atoms with E-state index in [2.05, 4.69) is 10.2 Å². The minimum Gasteiger partial charge on any atom is -0.372 e. The van der Waals surface area contributed by atoms with Crippen molar-refractivity contribution in [2.45, 2.75) is 26.1 Å². The highest BCUT2D eigenvalue weighted by molar-refractivity contribution is 6.29. The quantitative estimate of drug-likeness (QED) is 0.761. The van der Waals surface area contributed by atoms with E-state index in [1.54, 1.807) is 17.0 Å². The van der Waals surface area contributed by atoms with Crippen molar-refractivity contribution in [3.8, 4) is 0 Å². The zero-order chi connectivity index (χ0) is 12.4. The summed E-state index contributed by atoms with van der Waals surface area (Å²) in [6.45, 7) is 5.05. The molecule has 2 unspecified atom stereocenters. The molecule has 0 saturated carbocycles. The highest BCUT2D eigenvalue weighted by Crippen LogP contribution is 2.13. The SMILES string of the molecule is CC1CN(C(=O)c2ccc(Cl)nn2)CC(C)O1. The van der Waals surface area contributed by atoms with Crippen LogP contribution in [-0.2, 0) is 4.74 Å². The predicted octanol–water partition coefficient (Wildman–Crippen LogP) is 1.38. The summed E-state index contributed by atoms with van der Waals surface area (Å²) in [5, 5.41) is 7.74. The van der Waals surface area contributed by atoms with E-state index in [1.807, 2.05) is 13.8 Å². The zero-order valence-corrected chi connectivity index (χ0v) is 10.5. The molecule has 0 aliphatic carbocycles. The van der Waals surface area contributed by atoms with Crippen LogP contribution >= 0.6 is 11.6 Å². The second kappa shape index (κ2) is 4.98. The normalized spacial score (nSPS) is 24.8. The molecule has 2 atom stereocenters. The Morgan fingerprint density at radius 3 is 2.53 bits per heavy atom. The number of amides is 1. The molecular formula is C11H14ClN3O2. The van der Waals surface area contributed by atoms with E-state index in [0.29, 0.717) is 18.8 Å². The van der Waals surface area contributed by atoms with Gasteiger partial charge in [-0.25, -0.2) is 0 Å². The number of aromatic nitrogens is 2. The van der Waals surface area contributed by atoms with Gasteiger partial charge in [0.25, 0.3) is 5.91 Å². The van der Waals surface area contributed by atoms with E-state index in [9.17, 15) is 4.79 Å². The fourth-order valence-electron chi connectivity index (χ4n) is 1.94. The maximum Gasteiger partial charge on any atom is 0.274 e. The van der Waals surface area contributed by atoms with Crippen LogP contribution in [0, 0.1) is 0 Å². The third-order valence-electron chi connectivity index (χ3n) is 2.56. The summed E-state index contributed by atoms with van der Waals surface area (Å²) in [6.07, 6.45) is 0.0888. The molecule has 1 aliphatic rings. The van der Waals surface area contributed by atoms with E-state index in [-0.39, 0.29) is 23.3 Å². The first-order valence-corrected chi connectivity index (χ1v) is 5.88. The van der Waals surface area contributed by atoms with Gasteiger partial charge in [-0.15, -0.1) is 10.2 Å². The number of ether oxygens (including phenoxy) is 1. The average Bonchev–Trinajstić information content (AvgIpc) is 2.28. The Labute approximate surface area is 105 Å². The molecule has 2 rings (SSSR count). The number of morpholine rings is 1. The number of halogens is 1. The smallest absolute Gasteiger partial charge is 0.274 e. The van der Waals surface area contributed by atoms with E-state index in [1.165, 1.54) is 0 Å². The van der Waals surface area contributed by atoms with E-state index < -0.39 is 0 Å². The number of carbonyl (C=O) groups is 1. The first-order chi connectivity index (χ1) is 8.06. The minimum absolute atomic E-state index is 0.0444. The van der Waals surface area contributed by atoms with Crippen molar-refractivity contribution in [2.24, 2.45) is 0 Å². The number of rotatable bonds is 1. The van der Waals surface area contributed by atoms with Crippen molar-refractivity contribution in [3.05, 3.63) is 23.0 Å². The van der Waals surface area contributed by atoms with Crippen LogP contribution in [0.15, 0.2) is 12.1 Å². The van der Waals surface area contributed by atoms with Crippen LogP contribution in [0.25, 0.3) is 0 Å². The van der Waals surface area contributed by atoms with Crippen molar-refractivity contribution in [1.82, 2.24) is 15.1 Å². The molecule has 1 amide bonds. The Balaban J connectivity index is 2.11. The maximum atomic E-state index is 12.1. The minimum atomic E-state index is -0.129. The molecule has 0 aromatic carbocycles.